The van der Waals surface area contributed by atoms with E-state index < -0.39 is 24.5 Å². The zero-order valence-corrected chi connectivity index (χ0v) is 10.6. The second-order valence-electron chi connectivity index (χ2n) is 3.36. The molecule has 0 bridgehead atoms. The second kappa shape index (κ2) is 5.27. The Bertz CT molecular complexity index is 434. The lowest BCUT2D eigenvalue weighted by atomic mass is 9.95. The lowest BCUT2D eigenvalue weighted by Crippen LogP contribution is -2.24. The van der Waals surface area contributed by atoms with Gasteiger partial charge in [0.05, 0.1) is 12.3 Å². The molecular weight excluding hydrogens is 324 g/mol. The van der Waals surface area contributed by atoms with Crippen molar-refractivity contribution >= 4 is 33.5 Å². The molecule has 0 aliphatic heterocycles. The smallest absolute Gasteiger partial charge is 0.396 e. The predicted octanol–water partition coefficient (Wildman–Crippen LogP) is 4.22. The van der Waals surface area contributed by atoms with Crippen LogP contribution in [0.5, 0.6) is 0 Å². The number of benzene rings is 1. The summed E-state index contributed by atoms with van der Waals surface area (Å²) in [5, 5.41) is 8.65. The minimum absolute atomic E-state index is 0.128. The normalized spacial score (nSPS) is 13.5. The molecule has 0 aliphatic rings. The Morgan fingerprint density at radius 2 is 2.06 bits per heavy atom. The van der Waals surface area contributed by atoms with Gasteiger partial charge < -0.3 is 5.11 Å². The molecule has 0 saturated carbocycles. The van der Waals surface area contributed by atoms with E-state index in [9.17, 15) is 18.0 Å². The van der Waals surface area contributed by atoms with Crippen LogP contribution < -0.4 is 0 Å². The average Bonchev–Trinajstić information content (AvgIpc) is 2.16. The van der Waals surface area contributed by atoms with Crippen molar-refractivity contribution in [3.8, 4) is 0 Å². The van der Waals surface area contributed by atoms with Gasteiger partial charge in [-0.2, -0.15) is 13.2 Å². The minimum atomic E-state index is -4.63. The lowest BCUT2D eigenvalue weighted by Gasteiger charge is -2.20. The van der Waals surface area contributed by atoms with Crippen LogP contribution in [0.25, 0.3) is 0 Å². The summed E-state index contributed by atoms with van der Waals surface area (Å²) in [7, 11) is 0. The quantitative estimate of drug-likeness (QED) is 0.900. The lowest BCUT2D eigenvalue weighted by molar-refractivity contribution is -0.163. The summed E-state index contributed by atoms with van der Waals surface area (Å²) in [6, 6.07) is 3.90. The summed E-state index contributed by atoms with van der Waals surface area (Å²) in [5.74, 6) is -3.59. The molecule has 0 radical (unpaired) electrons. The molecule has 0 spiro atoms. The molecular formula is C10H7BrClF3O2. The van der Waals surface area contributed by atoms with Gasteiger partial charge in [-0.05, 0) is 23.8 Å². The van der Waals surface area contributed by atoms with E-state index in [1.54, 1.807) is 0 Å². The molecule has 0 heterocycles. The summed E-state index contributed by atoms with van der Waals surface area (Å²) >= 11 is 8.57. The van der Waals surface area contributed by atoms with Gasteiger partial charge in [0, 0.05) is 9.50 Å². The Labute approximate surface area is 109 Å². The van der Waals surface area contributed by atoms with Crippen LogP contribution in [0.4, 0.5) is 13.2 Å². The number of alkyl halides is 3. The zero-order chi connectivity index (χ0) is 13.2. The van der Waals surface area contributed by atoms with Gasteiger partial charge in [0.25, 0.3) is 0 Å². The van der Waals surface area contributed by atoms with Crippen molar-refractivity contribution in [3.05, 3.63) is 33.3 Å². The van der Waals surface area contributed by atoms with Gasteiger partial charge in [0.1, 0.15) is 0 Å². The highest BCUT2D eigenvalue weighted by Gasteiger charge is 2.42. The van der Waals surface area contributed by atoms with E-state index >= 15 is 0 Å². The number of halogens is 5. The zero-order valence-electron chi connectivity index (χ0n) is 8.26. The van der Waals surface area contributed by atoms with E-state index in [0.717, 1.165) is 6.07 Å². The fraction of sp³-hybridized carbons (Fsp3) is 0.300. The molecule has 0 amide bonds. The van der Waals surface area contributed by atoms with Gasteiger partial charge in [-0.15, -0.1) is 0 Å². The molecule has 94 valence electrons. The van der Waals surface area contributed by atoms with Crippen molar-refractivity contribution < 1.29 is 23.1 Å². The van der Waals surface area contributed by atoms with Gasteiger partial charge in [-0.3, -0.25) is 4.79 Å². The van der Waals surface area contributed by atoms with E-state index in [-0.39, 0.29) is 15.1 Å². The Morgan fingerprint density at radius 1 is 1.47 bits per heavy atom. The molecule has 1 N–H and O–H groups in total. The van der Waals surface area contributed by atoms with Crippen molar-refractivity contribution in [2.75, 3.05) is 0 Å². The fourth-order valence-electron chi connectivity index (χ4n) is 1.36. The first-order chi connectivity index (χ1) is 7.71. The van der Waals surface area contributed by atoms with Crippen LogP contribution in [0.1, 0.15) is 17.9 Å². The van der Waals surface area contributed by atoms with Crippen molar-refractivity contribution in [1.29, 1.82) is 0 Å². The van der Waals surface area contributed by atoms with Crippen molar-refractivity contribution in [1.82, 2.24) is 0 Å². The van der Waals surface area contributed by atoms with E-state index in [0.29, 0.717) is 0 Å². The monoisotopic (exact) mass is 330 g/mol. The van der Waals surface area contributed by atoms with Gasteiger partial charge in [0.2, 0.25) is 0 Å². The van der Waals surface area contributed by atoms with Crippen molar-refractivity contribution in [2.45, 2.75) is 18.5 Å². The molecule has 0 fully saturated rings. The van der Waals surface area contributed by atoms with Gasteiger partial charge in [-0.25, -0.2) is 0 Å². The standard InChI is InChI=1S/C10H7BrClF3O2/c11-8-2-1-5(12)3-6(8)7(4-9(16)17)10(13,14)15/h1-3,7H,4H2,(H,16,17). The van der Waals surface area contributed by atoms with Crippen LogP contribution in [0, 0.1) is 0 Å². The molecule has 1 rings (SSSR count). The third kappa shape index (κ3) is 3.89. The molecule has 17 heavy (non-hydrogen) atoms. The molecule has 2 nitrogen and oxygen atoms in total. The van der Waals surface area contributed by atoms with Gasteiger partial charge in [-0.1, -0.05) is 27.5 Å². The molecule has 1 atom stereocenters. The van der Waals surface area contributed by atoms with E-state index in [4.69, 9.17) is 16.7 Å². The maximum Gasteiger partial charge on any atom is 0.396 e. The largest absolute Gasteiger partial charge is 0.481 e. The van der Waals surface area contributed by atoms with Gasteiger partial charge in [0.15, 0.2) is 0 Å². The molecule has 1 aromatic carbocycles. The SMILES string of the molecule is O=C(O)CC(c1cc(Cl)ccc1Br)C(F)(F)F. The molecule has 7 heteroatoms. The summed E-state index contributed by atoms with van der Waals surface area (Å²) in [6.07, 6.45) is -5.66. The number of carbonyl (C=O) groups is 1. The van der Waals surface area contributed by atoms with Crippen LogP contribution in [0.2, 0.25) is 5.02 Å². The third-order valence-electron chi connectivity index (χ3n) is 2.11. The summed E-state index contributed by atoms with van der Waals surface area (Å²) in [4.78, 5) is 10.5. The molecule has 1 aromatic rings. The first-order valence-electron chi connectivity index (χ1n) is 4.45. The van der Waals surface area contributed by atoms with Crippen LogP contribution >= 0.6 is 27.5 Å². The summed E-state index contributed by atoms with van der Waals surface area (Å²) < 4.78 is 38.4. The third-order valence-corrected chi connectivity index (χ3v) is 3.06. The van der Waals surface area contributed by atoms with E-state index in [1.807, 2.05) is 0 Å². The minimum Gasteiger partial charge on any atom is -0.481 e. The Kier molecular flexibility index (Phi) is 4.43. The number of carboxylic acid groups (broad SMARTS) is 1. The molecule has 0 aromatic heterocycles. The average molecular weight is 332 g/mol. The fourth-order valence-corrected chi connectivity index (χ4v) is 2.06. The number of hydrogen-bond acceptors (Lipinski definition) is 1. The van der Waals surface area contributed by atoms with Crippen LogP contribution in [-0.2, 0) is 4.79 Å². The first kappa shape index (κ1) is 14.3. The highest BCUT2D eigenvalue weighted by Crippen LogP contribution is 2.41. The van der Waals surface area contributed by atoms with Crippen LogP contribution in [0.3, 0.4) is 0 Å². The summed E-state index contributed by atoms with van der Waals surface area (Å²) in [5.41, 5.74) is -0.174. The predicted molar refractivity (Wildman–Crippen MR) is 60.2 cm³/mol. The molecule has 0 saturated heterocycles. The van der Waals surface area contributed by atoms with E-state index in [1.165, 1.54) is 12.1 Å². The van der Waals surface area contributed by atoms with Crippen LogP contribution in [-0.4, -0.2) is 17.3 Å². The molecule has 0 aliphatic carbocycles. The maximum atomic E-state index is 12.8. The second-order valence-corrected chi connectivity index (χ2v) is 4.65. The number of rotatable bonds is 3. The number of carboxylic acids is 1. The van der Waals surface area contributed by atoms with Gasteiger partial charge >= 0.3 is 12.1 Å². The van der Waals surface area contributed by atoms with Crippen molar-refractivity contribution in [2.24, 2.45) is 0 Å². The Morgan fingerprint density at radius 3 is 2.53 bits per heavy atom. The maximum absolute atomic E-state index is 12.8. The Hall–Kier alpha value is -0.750. The highest BCUT2D eigenvalue weighted by atomic mass is 79.9. The Balaban J connectivity index is 3.21. The van der Waals surface area contributed by atoms with Crippen LogP contribution in [0.15, 0.2) is 22.7 Å². The van der Waals surface area contributed by atoms with E-state index in [2.05, 4.69) is 15.9 Å². The number of aliphatic carboxylic acids is 1. The number of hydrogen-bond donors (Lipinski definition) is 1. The molecule has 1 unspecified atom stereocenters. The summed E-state index contributed by atoms with van der Waals surface area (Å²) in [6.45, 7) is 0. The van der Waals surface area contributed by atoms with Crippen molar-refractivity contribution in [3.63, 3.8) is 0 Å². The highest BCUT2D eigenvalue weighted by molar-refractivity contribution is 9.10. The topological polar surface area (TPSA) is 37.3 Å². The first-order valence-corrected chi connectivity index (χ1v) is 5.62.